The summed E-state index contributed by atoms with van der Waals surface area (Å²) < 4.78 is 7.77. The number of rotatable bonds is 9. The van der Waals surface area contributed by atoms with E-state index in [9.17, 15) is 9.59 Å². The second-order valence-electron chi connectivity index (χ2n) is 10.4. The molecular formula is C32H34N2O4. The topological polar surface area (TPSA) is 80.6 Å². The van der Waals surface area contributed by atoms with Crippen LogP contribution in [0.4, 0.5) is 0 Å². The molecule has 1 aliphatic rings. The number of carbonyl (C=O) groups excluding carboxylic acids is 1. The highest BCUT2D eigenvalue weighted by atomic mass is 16.5. The third kappa shape index (κ3) is 5.30. The molecular weight excluding hydrogens is 476 g/mol. The number of nitrogens with zero attached hydrogens (tertiary/aromatic N) is 1. The highest BCUT2D eigenvalue weighted by molar-refractivity contribution is 5.99. The predicted octanol–water partition coefficient (Wildman–Crippen LogP) is 6.53. The first kappa shape index (κ1) is 25.6. The lowest BCUT2D eigenvalue weighted by atomic mass is 10.0. The molecule has 1 amide bonds. The number of aromatic nitrogens is 1. The van der Waals surface area contributed by atoms with Gasteiger partial charge in [-0.05, 0) is 99.0 Å². The first-order valence-corrected chi connectivity index (χ1v) is 13.2. The van der Waals surface area contributed by atoms with Crippen molar-refractivity contribution in [3.8, 4) is 5.75 Å². The van der Waals surface area contributed by atoms with E-state index < -0.39 is 12.1 Å². The Hall–Kier alpha value is -4.06. The number of benzene rings is 3. The number of hydrogen-bond acceptors (Lipinski definition) is 3. The Kier molecular flexibility index (Phi) is 6.98. The molecule has 0 aliphatic heterocycles. The van der Waals surface area contributed by atoms with Crippen LogP contribution in [0.15, 0.2) is 66.7 Å². The van der Waals surface area contributed by atoms with Crippen LogP contribution in [0.1, 0.15) is 77.0 Å². The molecule has 1 heterocycles. The van der Waals surface area contributed by atoms with E-state index in [0.29, 0.717) is 23.8 Å². The third-order valence-corrected chi connectivity index (χ3v) is 7.61. The maximum Gasteiger partial charge on any atom is 0.344 e. The van der Waals surface area contributed by atoms with Crippen molar-refractivity contribution in [3.05, 3.63) is 100 Å². The molecule has 3 aromatic carbocycles. The zero-order valence-electron chi connectivity index (χ0n) is 22.3. The van der Waals surface area contributed by atoms with Gasteiger partial charge in [0.1, 0.15) is 5.75 Å². The van der Waals surface area contributed by atoms with Gasteiger partial charge in [0.25, 0.3) is 5.91 Å². The molecule has 1 unspecified atom stereocenters. The van der Waals surface area contributed by atoms with Crippen molar-refractivity contribution in [2.24, 2.45) is 0 Å². The molecule has 2 atom stereocenters. The maximum atomic E-state index is 13.2. The normalized spacial score (nSPS) is 14.7. The number of fused-ring (bicyclic) bond motifs is 1. The van der Waals surface area contributed by atoms with E-state index in [1.807, 2.05) is 43.3 Å². The standard InChI is InChI=1S/C32H34N2O4/c1-19-21(3)34(18-23-7-5-10-28(15-23)38-22(4)32(36)37)30-14-13-27(17-29(19)30)31(35)33-20(2)25-8-6-9-26(16-25)24-11-12-24/h5-10,13-17,20,22,24H,11-12,18H2,1-4H3,(H,33,35)(H,36,37)/t20-,22?/m0/s1. The fourth-order valence-corrected chi connectivity index (χ4v) is 5.01. The average Bonchev–Trinajstić information content (AvgIpc) is 3.73. The van der Waals surface area contributed by atoms with Gasteiger partial charge in [0.15, 0.2) is 6.10 Å². The second kappa shape index (κ2) is 10.4. The van der Waals surface area contributed by atoms with Crippen LogP contribution in [0.2, 0.25) is 0 Å². The van der Waals surface area contributed by atoms with Gasteiger partial charge in [-0.15, -0.1) is 0 Å². The molecule has 6 heteroatoms. The van der Waals surface area contributed by atoms with E-state index in [1.54, 1.807) is 6.07 Å². The monoisotopic (exact) mass is 510 g/mol. The molecule has 0 spiro atoms. The van der Waals surface area contributed by atoms with Gasteiger partial charge in [-0.3, -0.25) is 4.79 Å². The lowest BCUT2D eigenvalue weighted by Gasteiger charge is -2.16. The van der Waals surface area contributed by atoms with Crippen LogP contribution in [0.25, 0.3) is 10.9 Å². The molecule has 2 N–H and O–H groups in total. The maximum absolute atomic E-state index is 13.2. The number of ether oxygens (including phenoxy) is 1. The van der Waals surface area contributed by atoms with Crippen LogP contribution >= 0.6 is 0 Å². The molecule has 6 nitrogen and oxygen atoms in total. The minimum absolute atomic E-state index is 0.0809. The number of amides is 1. The van der Waals surface area contributed by atoms with Gasteiger partial charge in [-0.25, -0.2) is 4.79 Å². The molecule has 5 rings (SSSR count). The van der Waals surface area contributed by atoms with E-state index in [1.165, 1.54) is 25.3 Å². The molecule has 4 aromatic rings. The van der Waals surface area contributed by atoms with E-state index in [0.717, 1.165) is 33.3 Å². The van der Waals surface area contributed by atoms with Gasteiger partial charge < -0.3 is 19.7 Å². The number of carbonyl (C=O) groups is 2. The summed E-state index contributed by atoms with van der Waals surface area (Å²) in [6.07, 6.45) is 1.59. The van der Waals surface area contributed by atoms with Crippen LogP contribution in [0.5, 0.6) is 5.75 Å². The van der Waals surface area contributed by atoms with E-state index in [4.69, 9.17) is 9.84 Å². The Morgan fingerprint density at radius 2 is 1.79 bits per heavy atom. The fraction of sp³-hybridized carbons (Fsp3) is 0.312. The summed E-state index contributed by atoms with van der Waals surface area (Å²) in [5.41, 5.74) is 7.44. The van der Waals surface area contributed by atoms with Crippen molar-refractivity contribution in [2.45, 2.75) is 65.1 Å². The van der Waals surface area contributed by atoms with Gasteiger partial charge >= 0.3 is 5.97 Å². The fourth-order valence-electron chi connectivity index (χ4n) is 5.01. The predicted molar refractivity (Wildman–Crippen MR) is 149 cm³/mol. The van der Waals surface area contributed by atoms with Gasteiger partial charge in [-0.1, -0.05) is 36.4 Å². The first-order chi connectivity index (χ1) is 18.2. The second-order valence-corrected chi connectivity index (χ2v) is 10.4. The quantitative estimate of drug-likeness (QED) is 0.268. The van der Waals surface area contributed by atoms with Crippen molar-refractivity contribution in [1.29, 1.82) is 0 Å². The molecule has 1 fully saturated rings. The molecule has 1 saturated carbocycles. The van der Waals surface area contributed by atoms with Crippen molar-refractivity contribution in [2.75, 3.05) is 0 Å². The van der Waals surface area contributed by atoms with Crippen molar-refractivity contribution < 1.29 is 19.4 Å². The Morgan fingerprint density at radius 1 is 1.03 bits per heavy atom. The minimum atomic E-state index is -1.00. The number of aryl methyl sites for hydroxylation is 1. The largest absolute Gasteiger partial charge is 0.479 e. The highest BCUT2D eigenvalue weighted by Crippen LogP contribution is 2.40. The molecule has 1 aromatic heterocycles. The first-order valence-electron chi connectivity index (χ1n) is 13.2. The highest BCUT2D eigenvalue weighted by Gasteiger charge is 2.24. The Morgan fingerprint density at radius 3 is 2.53 bits per heavy atom. The van der Waals surface area contributed by atoms with Crippen molar-refractivity contribution in [1.82, 2.24) is 9.88 Å². The summed E-state index contributed by atoms with van der Waals surface area (Å²) in [6, 6.07) is 21.9. The minimum Gasteiger partial charge on any atom is -0.479 e. The third-order valence-electron chi connectivity index (χ3n) is 7.61. The van der Waals surface area contributed by atoms with Crippen LogP contribution < -0.4 is 10.1 Å². The lowest BCUT2D eigenvalue weighted by Crippen LogP contribution is -2.26. The zero-order valence-corrected chi connectivity index (χ0v) is 22.3. The average molecular weight is 511 g/mol. The van der Waals surface area contributed by atoms with Crippen LogP contribution in [-0.2, 0) is 11.3 Å². The molecule has 1 aliphatic carbocycles. The summed E-state index contributed by atoms with van der Waals surface area (Å²) >= 11 is 0. The van der Waals surface area contributed by atoms with Crippen LogP contribution in [0, 0.1) is 13.8 Å². The van der Waals surface area contributed by atoms with Crippen LogP contribution in [0.3, 0.4) is 0 Å². The van der Waals surface area contributed by atoms with Crippen molar-refractivity contribution >= 4 is 22.8 Å². The molecule has 196 valence electrons. The summed E-state index contributed by atoms with van der Waals surface area (Å²) in [5.74, 6) is 0.121. The molecule has 0 bridgehead atoms. The SMILES string of the molecule is Cc1c(C)n(Cc2cccc(OC(C)C(=O)O)c2)c2ccc(C(=O)N[C@@H](C)c3cccc(C4CC4)c3)cc12. The summed E-state index contributed by atoms with van der Waals surface area (Å²) in [4.78, 5) is 24.4. The van der Waals surface area contributed by atoms with Gasteiger partial charge in [-0.2, -0.15) is 0 Å². The molecule has 0 radical (unpaired) electrons. The van der Waals surface area contributed by atoms with Crippen LogP contribution in [-0.4, -0.2) is 27.7 Å². The van der Waals surface area contributed by atoms with Gasteiger partial charge in [0.05, 0.1) is 6.04 Å². The summed E-state index contributed by atoms with van der Waals surface area (Å²) in [7, 11) is 0. The lowest BCUT2D eigenvalue weighted by molar-refractivity contribution is -0.144. The summed E-state index contributed by atoms with van der Waals surface area (Å²) in [6.45, 7) is 8.31. The number of aliphatic carboxylic acids is 1. The van der Waals surface area contributed by atoms with E-state index in [2.05, 4.69) is 48.0 Å². The molecule has 38 heavy (non-hydrogen) atoms. The number of carboxylic acids is 1. The molecule has 0 saturated heterocycles. The van der Waals surface area contributed by atoms with Crippen molar-refractivity contribution in [3.63, 3.8) is 0 Å². The smallest absolute Gasteiger partial charge is 0.344 e. The number of carboxylic acid groups (broad SMARTS) is 1. The van der Waals surface area contributed by atoms with Gasteiger partial charge in [0.2, 0.25) is 0 Å². The van der Waals surface area contributed by atoms with Gasteiger partial charge in [0, 0.05) is 28.7 Å². The number of hydrogen-bond donors (Lipinski definition) is 2. The Balaban J connectivity index is 1.35. The van der Waals surface area contributed by atoms with E-state index >= 15 is 0 Å². The summed E-state index contributed by atoms with van der Waals surface area (Å²) in [5, 5.41) is 13.4. The van der Waals surface area contributed by atoms with E-state index in [-0.39, 0.29) is 11.9 Å². The zero-order chi connectivity index (χ0) is 27.0. The number of nitrogens with one attached hydrogen (secondary N) is 1. The Bertz CT molecular complexity index is 1520. The Labute approximate surface area is 223 Å².